The molecule has 1 heterocycles. The maximum absolute atomic E-state index is 12.9. The van der Waals surface area contributed by atoms with E-state index in [4.69, 9.17) is 5.41 Å². The van der Waals surface area contributed by atoms with Gasteiger partial charge in [0.05, 0.1) is 11.4 Å². The first-order chi connectivity index (χ1) is 13.6. The van der Waals surface area contributed by atoms with Crippen molar-refractivity contribution in [3.8, 4) is 11.1 Å². The fourth-order valence-corrected chi connectivity index (χ4v) is 5.34. The highest BCUT2D eigenvalue weighted by Gasteiger charge is 2.24. The molecule has 1 aromatic heterocycles. The number of rotatable bonds is 6. The highest BCUT2D eigenvalue weighted by Crippen LogP contribution is 2.28. The third kappa shape index (κ3) is 5.20. The van der Waals surface area contributed by atoms with Gasteiger partial charge < -0.3 is 0 Å². The zero-order valence-electron chi connectivity index (χ0n) is 17.1. The van der Waals surface area contributed by atoms with Crippen LogP contribution in [0.1, 0.15) is 38.3 Å². The molecular formula is C21H26N4O2S2. The van der Waals surface area contributed by atoms with Crippen molar-refractivity contribution >= 4 is 21.4 Å². The van der Waals surface area contributed by atoms with Crippen LogP contribution in [0.25, 0.3) is 11.1 Å². The minimum Gasteiger partial charge on any atom is -0.274 e. The van der Waals surface area contributed by atoms with Gasteiger partial charge in [0.2, 0.25) is 14.8 Å². The van der Waals surface area contributed by atoms with Gasteiger partial charge in [0.1, 0.15) is 5.01 Å². The van der Waals surface area contributed by atoms with Gasteiger partial charge in [-0.25, -0.2) is 17.8 Å². The summed E-state index contributed by atoms with van der Waals surface area (Å²) in [6.07, 6.45) is 0.816. The number of aryl methyl sites for hydroxylation is 1. The van der Waals surface area contributed by atoms with Crippen LogP contribution in [0.4, 0.5) is 0 Å². The quantitative estimate of drug-likeness (QED) is 0.624. The Morgan fingerprint density at radius 3 is 2.34 bits per heavy atom. The average molecular weight is 431 g/mol. The number of nitrogens with one attached hydrogen (secondary N) is 2. The molecule has 0 aliphatic heterocycles. The van der Waals surface area contributed by atoms with Crippen molar-refractivity contribution in [3.05, 3.63) is 63.9 Å². The predicted octanol–water partition coefficient (Wildman–Crippen LogP) is 3.78. The Hall–Kier alpha value is -2.29. The smallest absolute Gasteiger partial charge is 0.241 e. The maximum Gasteiger partial charge on any atom is 0.241 e. The van der Waals surface area contributed by atoms with Gasteiger partial charge in [-0.2, -0.15) is 5.10 Å². The standard InChI is InChI=1S/C21H26N4O2S2/c1-5-19-23-25(20(22)28-19)14-15-10-12-16(13-11-15)17-8-6-7-9-18(17)29(26,27)24-21(2,3)4/h6-13,22,24H,5,14H2,1-4H3. The molecule has 29 heavy (non-hydrogen) atoms. The Morgan fingerprint density at radius 2 is 1.76 bits per heavy atom. The molecule has 6 nitrogen and oxygen atoms in total. The van der Waals surface area contributed by atoms with Crippen molar-refractivity contribution in [2.75, 3.05) is 0 Å². The zero-order valence-corrected chi connectivity index (χ0v) is 18.7. The molecule has 0 saturated carbocycles. The van der Waals surface area contributed by atoms with Gasteiger partial charge in [0.15, 0.2) is 0 Å². The van der Waals surface area contributed by atoms with E-state index in [2.05, 4.69) is 9.82 Å². The molecule has 3 rings (SSSR count). The van der Waals surface area contributed by atoms with Gasteiger partial charge in [0.25, 0.3) is 0 Å². The largest absolute Gasteiger partial charge is 0.274 e. The highest BCUT2D eigenvalue weighted by molar-refractivity contribution is 7.89. The summed E-state index contributed by atoms with van der Waals surface area (Å²) < 4.78 is 30.2. The third-order valence-electron chi connectivity index (χ3n) is 4.20. The van der Waals surface area contributed by atoms with Crippen LogP contribution >= 0.6 is 11.3 Å². The molecule has 0 amide bonds. The first kappa shape index (κ1) is 21.4. The van der Waals surface area contributed by atoms with Crippen LogP contribution in [0.15, 0.2) is 53.4 Å². The van der Waals surface area contributed by atoms with Crippen molar-refractivity contribution in [2.45, 2.75) is 51.1 Å². The van der Waals surface area contributed by atoms with Gasteiger partial charge in [0, 0.05) is 11.1 Å². The Kier molecular flexibility index (Phi) is 6.07. The fourth-order valence-electron chi connectivity index (χ4n) is 2.97. The van der Waals surface area contributed by atoms with E-state index in [0.717, 1.165) is 22.6 Å². The molecule has 0 saturated heterocycles. The van der Waals surface area contributed by atoms with Crippen molar-refractivity contribution in [1.29, 1.82) is 5.41 Å². The summed E-state index contributed by atoms with van der Waals surface area (Å²) in [6.45, 7) is 8.01. The molecule has 3 aromatic rings. The van der Waals surface area contributed by atoms with Crippen LogP contribution in [0.3, 0.4) is 0 Å². The number of sulfonamides is 1. The van der Waals surface area contributed by atoms with Gasteiger partial charge >= 0.3 is 0 Å². The molecule has 0 aliphatic carbocycles. The highest BCUT2D eigenvalue weighted by atomic mass is 32.2. The topological polar surface area (TPSA) is 87.8 Å². The van der Waals surface area contributed by atoms with Crippen LogP contribution in [0.2, 0.25) is 0 Å². The number of hydrogen-bond acceptors (Lipinski definition) is 5. The third-order valence-corrected chi connectivity index (χ3v) is 7.02. The lowest BCUT2D eigenvalue weighted by atomic mass is 10.0. The molecule has 0 spiro atoms. The van der Waals surface area contributed by atoms with E-state index in [9.17, 15) is 8.42 Å². The summed E-state index contributed by atoms with van der Waals surface area (Å²) in [6, 6.07) is 14.7. The lowest BCUT2D eigenvalue weighted by Crippen LogP contribution is -2.40. The SMILES string of the molecule is CCc1nn(Cc2ccc(-c3ccccc3S(=O)(=O)NC(C)(C)C)cc2)c(=N)s1. The Morgan fingerprint density at radius 1 is 1.10 bits per heavy atom. The minimum absolute atomic E-state index is 0.262. The summed E-state index contributed by atoms with van der Waals surface area (Å²) in [5.74, 6) is 0. The van der Waals surface area contributed by atoms with Crippen LogP contribution in [-0.2, 0) is 23.0 Å². The fraction of sp³-hybridized carbons (Fsp3) is 0.333. The Bertz CT molecular complexity index is 1150. The Labute approximate surface area is 175 Å². The van der Waals surface area contributed by atoms with E-state index < -0.39 is 15.6 Å². The van der Waals surface area contributed by atoms with E-state index >= 15 is 0 Å². The molecule has 8 heteroatoms. The van der Waals surface area contributed by atoms with Gasteiger partial charge in [-0.3, -0.25) is 5.41 Å². The van der Waals surface area contributed by atoms with Crippen LogP contribution in [0.5, 0.6) is 0 Å². The van der Waals surface area contributed by atoms with Crippen molar-refractivity contribution in [2.24, 2.45) is 0 Å². The van der Waals surface area contributed by atoms with E-state index in [0.29, 0.717) is 16.9 Å². The minimum atomic E-state index is -3.65. The van der Waals surface area contributed by atoms with Crippen LogP contribution in [-0.4, -0.2) is 23.7 Å². The van der Waals surface area contributed by atoms with E-state index in [1.54, 1.807) is 16.8 Å². The van der Waals surface area contributed by atoms with Crippen LogP contribution < -0.4 is 9.52 Å². The maximum atomic E-state index is 12.9. The second-order valence-corrected chi connectivity index (χ2v) is 10.6. The molecule has 0 radical (unpaired) electrons. The lowest BCUT2D eigenvalue weighted by Gasteiger charge is -2.21. The monoisotopic (exact) mass is 430 g/mol. The first-order valence-corrected chi connectivity index (χ1v) is 11.7. The number of nitrogens with zero attached hydrogens (tertiary/aromatic N) is 2. The number of aromatic nitrogens is 2. The molecule has 2 N–H and O–H groups in total. The molecular weight excluding hydrogens is 404 g/mol. The van der Waals surface area contributed by atoms with E-state index in [1.807, 2.05) is 64.1 Å². The van der Waals surface area contributed by atoms with E-state index in [-0.39, 0.29) is 4.90 Å². The molecule has 0 atom stereocenters. The van der Waals surface area contributed by atoms with Gasteiger partial charge in [-0.15, -0.1) is 0 Å². The summed E-state index contributed by atoms with van der Waals surface area (Å²) in [4.78, 5) is 0.688. The first-order valence-electron chi connectivity index (χ1n) is 9.43. The second-order valence-electron chi connectivity index (χ2n) is 7.86. The van der Waals surface area contributed by atoms with Crippen molar-refractivity contribution in [3.63, 3.8) is 0 Å². The predicted molar refractivity (Wildman–Crippen MR) is 116 cm³/mol. The molecule has 0 aliphatic rings. The van der Waals surface area contributed by atoms with Crippen molar-refractivity contribution in [1.82, 2.24) is 14.5 Å². The molecule has 154 valence electrons. The number of hydrogen-bond donors (Lipinski definition) is 2. The van der Waals surface area contributed by atoms with E-state index in [1.165, 1.54) is 11.3 Å². The molecule has 2 aromatic carbocycles. The summed E-state index contributed by atoms with van der Waals surface area (Å²) in [5.41, 5.74) is 1.93. The Balaban J connectivity index is 1.91. The molecule has 0 unspecified atom stereocenters. The van der Waals surface area contributed by atoms with Crippen molar-refractivity contribution < 1.29 is 8.42 Å². The van der Waals surface area contributed by atoms with Crippen LogP contribution in [0, 0.1) is 5.41 Å². The van der Waals surface area contributed by atoms with Gasteiger partial charge in [-0.1, -0.05) is 60.7 Å². The normalized spacial score (nSPS) is 12.3. The lowest BCUT2D eigenvalue weighted by molar-refractivity contribution is 0.491. The second kappa shape index (κ2) is 8.22. The summed E-state index contributed by atoms with van der Waals surface area (Å²) in [5, 5.41) is 13.4. The summed E-state index contributed by atoms with van der Waals surface area (Å²) >= 11 is 1.39. The molecule has 0 bridgehead atoms. The number of benzene rings is 2. The average Bonchev–Trinajstić information content (AvgIpc) is 3.00. The van der Waals surface area contributed by atoms with Gasteiger partial charge in [-0.05, 0) is 44.4 Å². The zero-order chi connectivity index (χ0) is 21.2. The summed E-state index contributed by atoms with van der Waals surface area (Å²) in [7, 11) is -3.65. The molecule has 0 fully saturated rings.